The molecule has 1 aromatic heterocycles. The molecule has 1 aromatic carbocycles. The predicted molar refractivity (Wildman–Crippen MR) is 119 cm³/mol. The van der Waals surface area contributed by atoms with Crippen molar-refractivity contribution in [2.75, 3.05) is 49.5 Å². The number of hydrogen-bond acceptors (Lipinski definition) is 5. The van der Waals surface area contributed by atoms with E-state index in [1.54, 1.807) is 6.20 Å². The van der Waals surface area contributed by atoms with E-state index in [2.05, 4.69) is 49.7 Å². The Balaban J connectivity index is 1.20. The molecule has 2 fully saturated rings. The van der Waals surface area contributed by atoms with Crippen molar-refractivity contribution < 1.29 is 9.53 Å². The first-order valence-electron chi connectivity index (χ1n) is 10.9. The topological polar surface area (TPSA) is 69.7 Å². The van der Waals surface area contributed by atoms with Gasteiger partial charge in [0.15, 0.2) is 0 Å². The maximum atomic E-state index is 12.3. The van der Waals surface area contributed by atoms with Gasteiger partial charge in [0.1, 0.15) is 5.82 Å². The van der Waals surface area contributed by atoms with E-state index in [9.17, 15) is 4.79 Å². The number of aromatic nitrogens is 1. The highest BCUT2D eigenvalue weighted by atomic mass is 16.5. The second-order valence-corrected chi connectivity index (χ2v) is 8.00. The number of morpholine rings is 1. The smallest absolute Gasteiger partial charge is 0.319 e. The van der Waals surface area contributed by atoms with E-state index < -0.39 is 0 Å². The first kappa shape index (κ1) is 20.6. The van der Waals surface area contributed by atoms with E-state index in [0.29, 0.717) is 18.8 Å². The monoisotopic (exact) mass is 409 g/mol. The summed E-state index contributed by atoms with van der Waals surface area (Å²) in [5.41, 5.74) is 1.99. The number of carbonyl (C=O) groups is 1. The van der Waals surface area contributed by atoms with Crippen LogP contribution < -0.4 is 15.5 Å². The van der Waals surface area contributed by atoms with Crippen LogP contribution in [0.1, 0.15) is 24.8 Å². The Labute approximate surface area is 178 Å². The average Bonchev–Trinajstić information content (AvgIpc) is 2.80. The van der Waals surface area contributed by atoms with Gasteiger partial charge >= 0.3 is 6.03 Å². The number of anilines is 2. The van der Waals surface area contributed by atoms with E-state index >= 15 is 0 Å². The third-order valence-corrected chi connectivity index (χ3v) is 5.65. The fraction of sp³-hybridized carbons (Fsp3) is 0.478. The maximum absolute atomic E-state index is 12.3. The molecule has 4 rings (SSSR count). The number of urea groups is 1. The Bertz CT molecular complexity index is 793. The van der Waals surface area contributed by atoms with E-state index in [1.165, 1.54) is 24.8 Å². The SMILES string of the molecule is O=C(NC[C@@H]1CN(Cc2ccccc2)CCO1)Nc1ccc(N2CCCCC2)nc1. The third kappa shape index (κ3) is 5.93. The Morgan fingerprint density at radius 2 is 1.90 bits per heavy atom. The molecule has 2 aromatic rings. The lowest BCUT2D eigenvalue weighted by molar-refractivity contribution is -0.0285. The number of benzene rings is 1. The molecule has 7 nitrogen and oxygen atoms in total. The van der Waals surface area contributed by atoms with Crippen LogP contribution in [0.4, 0.5) is 16.3 Å². The van der Waals surface area contributed by atoms with Crippen molar-refractivity contribution in [3.05, 3.63) is 54.2 Å². The van der Waals surface area contributed by atoms with Crippen molar-refractivity contribution in [2.45, 2.75) is 31.9 Å². The number of hydrogen-bond donors (Lipinski definition) is 2. The summed E-state index contributed by atoms with van der Waals surface area (Å²) in [5, 5.41) is 5.79. The quantitative estimate of drug-likeness (QED) is 0.767. The van der Waals surface area contributed by atoms with Crippen LogP contribution in [0.15, 0.2) is 48.7 Å². The van der Waals surface area contributed by atoms with Crippen molar-refractivity contribution in [1.29, 1.82) is 0 Å². The van der Waals surface area contributed by atoms with E-state index in [-0.39, 0.29) is 12.1 Å². The number of amides is 2. The molecule has 7 heteroatoms. The molecule has 2 saturated heterocycles. The minimum absolute atomic E-state index is 0.00665. The number of pyridine rings is 1. The molecular formula is C23H31N5O2. The number of ether oxygens (including phenoxy) is 1. The van der Waals surface area contributed by atoms with Gasteiger partial charge < -0.3 is 20.3 Å². The van der Waals surface area contributed by atoms with Gasteiger partial charge in [-0.05, 0) is 37.0 Å². The lowest BCUT2D eigenvalue weighted by atomic mass is 10.1. The average molecular weight is 410 g/mol. The Morgan fingerprint density at radius 1 is 1.07 bits per heavy atom. The van der Waals surface area contributed by atoms with E-state index in [1.807, 2.05) is 18.2 Å². The molecule has 30 heavy (non-hydrogen) atoms. The maximum Gasteiger partial charge on any atom is 0.319 e. The Morgan fingerprint density at radius 3 is 2.67 bits per heavy atom. The van der Waals surface area contributed by atoms with Crippen LogP contribution in [-0.4, -0.2) is 61.3 Å². The molecule has 0 aliphatic carbocycles. The van der Waals surface area contributed by atoms with Crippen molar-refractivity contribution in [3.8, 4) is 0 Å². The van der Waals surface area contributed by atoms with Crippen LogP contribution in [0.2, 0.25) is 0 Å². The second kappa shape index (κ2) is 10.4. The summed E-state index contributed by atoms with van der Waals surface area (Å²) in [6.07, 6.45) is 5.45. The number of nitrogens with one attached hydrogen (secondary N) is 2. The highest BCUT2D eigenvalue weighted by Gasteiger charge is 2.21. The largest absolute Gasteiger partial charge is 0.374 e. The van der Waals surface area contributed by atoms with Gasteiger partial charge in [0, 0.05) is 39.3 Å². The molecule has 0 unspecified atom stereocenters. The zero-order valence-corrected chi connectivity index (χ0v) is 17.4. The molecule has 2 amide bonds. The predicted octanol–water partition coefficient (Wildman–Crippen LogP) is 3.09. The minimum Gasteiger partial charge on any atom is -0.374 e. The van der Waals surface area contributed by atoms with Gasteiger partial charge in [-0.2, -0.15) is 0 Å². The molecule has 2 aliphatic rings. The van der Waals surface area contributed by atoms with Gasteiger partial charge in [-0.15, -0.1) is 0 Å². The molecule has 1 atom stereocenters. The molecule has 0 saturated carbocycles. The molecule has 2 N–H and O–H groups in total. The van der Waals surface area contributed by atoms with Crippen molar-refractivity contribution >= 4 is 17.5 Å². The standard InChI is InChI=1S/C23H31N5O2/c29-23(26-20-9-10-22(24-15-20)28-11-5-2-6-12-28)25-16-21-18-27(13-14-30-21)17-19-7-3-1-4-8-19/h1,3-4,7-10,15,21H,2,5-6,11-14,16-18H2,(H2,25,26,29)/t21-/m1/s1. The Kier molecular flexibility index (Phi) is 7.16. The first-order valence-corrected chi connectivity index (χ1v) is 10.9. The molecule has 0 radical (unpaired) electrons. The third-order valence-electron chi connectivity index (χ3n) is 5.65. The number of carbonyl (C=O) groups excluding carboxylic acids is 1. The summed E-state index contributed by atoms with van der Waals surface area (Å²) in [4.78, 5) is 21.5. The lowest BCUT2D eigenvalue weighted by Gasteiger charge is -2.33. The van der Waals surface area contributed by atoms with E-state index in [4.69, 9.17) is 4.74 Å². The Hall–Kier alpha value is -2.64. The van der Waals surface area contributed by atoms with Crippen molar-refractivity contribution in [3.63, 3.8) is 0 Å². The summed E-state index contributed by atoms with van der Waals surface area (Å²) >= 11 is 0. The molecule has 2 aliphatic heterocycles. The molecule has 0 bridgehead atoms. The highest BCUT2D eigenvalue weighted by molar-refractivity contribution is 5.89. The second-order valence-electron chi connectivity index (χ2n) is 8.00. The van der Waals surface area contributed by atoms with Crippen LogP contribution in [0.5, 0.6) is 0 Å². The van der Waals surface area contributed by atoms with Crippen molar-refractivity contribution in [2.24, 2.45) is 0 Å². The van der Waals surface area contributed by atoms with Gasteiger partial charge in [0.05, 0.1) is 24.6 Å². The summed E-state index contributed by atoms with van der Waals surface area (Å²) in [5.74, 6) is 0.981. The fourth-order valence-corrected chi connectivity index (χ4v) is 4.04. The van der Waals surface area contributed by atoms with Crippen LogP contribution >= 0.6 is 0 Å². The zero-order chi connectivity index (χ0) is 20.6. The van der Waals surface area contributed by atoms with E-state index in [0.717, 1.165) is 38.5 Å². The van der Waals surface area contributed by atoms with Gasteiger partial charge in [0.25, 0.3) is 0 Å². The van der Waals surface area contributed by atoms with Gasteiger partial charge in [0.2, 0.25) is 0 Å². The molecular weight excluding hydrogens is 378 g/mol. The molecule has 3 heterocycles. The summed E-state index contributed by atoms with van der Waals surface area (Å²) in [7, 11) is 0. The highest BCUT2D eigenvalue weighted by Crippen LogP contribution is 2.19. The number of nitrogens with zero attached hydrogens (tertiary/aromatic N) is 3. The number of rotatable bonds is 6. The first-order chi connectivity index (χ1) is 14.8. The molecule has 160 valence electrons. The lowest BCUT2D eigenvalue weighted by Crippen LogP contribution is -2.47. The van der Waals surface area contributed by atoms with Gasteiger partial charge in [-0.3, -0.25) is 4.90 Å². The van der Waals surface area contributed by atoms with Crippen LogP contribution in [0, 0.1) is 0 Å². The summed E-state index contributed by atoms with van der Waals surface area (Å²) in [6.45, 7) is 5.90. The zero-order valence-electron chi connectivity index (χ0n) is 17.4. The normalized spacial score (nSPS) is 20.0. The summed E-state index contributed by atoms with van der Waals surface area (Å²) < 4.78 is 5.83. The fourth-order valence-electron chi connectivity index (χ4n) is 4.04. The summed E-state index contributed by atoms with van der Waals surface area (Å²) in [6, 6.07) is 14.1. The van der Waals surface area contributed by atoms with Gasteiger partial charge in [-0.25, -0.2) is 9.78 Å². The van der Waals surface area contributed by atoms with Crippen LogP contribution in [0.25, 0.3) is 0 Å². The number of piperidine rings is 1. The van der Waals surface area contributed by atoms with Crippen LogP contribution in [0.3, 0.4) is 0 Å². The minimum atomic E-state index is -0.230. The van der Waals surface area contributed by atoms with Crippen molar-refractivity contribution in [1.82, 2.24) is 15.2 Å². The van der Waals surface area contributed by atoms with Crippen LogP contribution in [-0.2, 0) is 11.3 Å². The van der Waals surface area contributed by atoms with Gasteiger partial charge in [-0.1, -0.05) is 30.3 Å². The molecule has 0 spiro atoms.